The Morgan fingerprint density at radius 3 is 1.50 bits per heavy atom. The Kier molecular flexibility index (Phi) is 34.9. The predicted molar refractivity (Wildman–Crippen MR) is 570 cm³/mol. The van der Waals surface area contributed by atoms with E-state index in [9.17, 15) is 66.0 Å². The van der Waals surface area contributed by atoms with E-state index in [1.54, 1.807) is 98.0 Å². The number of anilines is 6. The lowest BCUT2D eigenvalue weighted by Gasteiger charge is -2.56. The number of Topliss-reactive ketones (excluding diaryl/α,β-unsaturated/α-hetero) is 1. The number of nitrogens with one attached hydrogen (secondary N) is 4. The number of aromatic nitrogens is 9. The average Bonchev–Trinajstić information content (AvgIpc) is 0.871. The molecule has 0 radical (unpaired) electrons. The van der Waals surface area contributed by atoms with Gasteiger partial charge in [0.15, 0.2) is 20.9 Å². The number of aromatic amines is 1. The lowest BCUT2D eigenvalue weighted by atomic mass is 9.63. The highest BCUT2D eigenvalue weighted by molar-refractivity contribution is 7.92. The number of hydrogen-bond acceptors (Lipinski definition) is 30. The van der Waals surface area contributed by atoms with E-state index in [0.717, 1.165) is 58.0 Å². The molecule has 8 N–H and O–H groups in total. The number of aryl methyl sites for hydroxylation is 1. The fraction of sp³-hybridized carbons (Fsp3) is 0.394. The van der Waals surface area contributed by atoms with Gasteiger partial charge in [-0.1, -0.05) is 101 Å². The number of nitrogens with zero attached hydrogens (tertiary/aromatic N) is 12. The van der Waals surface area contributed by atoms with Crippen LogP contribution in [0.4, 0.5) is 47.9 Å². The zero-order valence-corrected chi connectivity index (χ0v) is 90.0. The van der Waals surface area contributed by atoms with E-state index in [0.29, 0.717) is 167 Å². The van der Waals surface area contributed by atoms with Crippen molar-refractivity contribution in [1.29, 1.82) is 0 Å². The predicted octanol–water partition coefficient (Wildman–Crippen LogP) is 18.0. The van der Waals surface area contributed by atoms with Gasteiger partial charge in [0.2, 0.25) is 15.7 Å². The fourth-order valence-electron chi connectivity index (χ4n) is 18.5. The highest BCUT2D eigenvalue weighted by atomic mass is 32.2. The monoisotopic (exact) mass is 2130 g/mol. The van der Waals surface area contributed by atoms with E-state index in [1.807, 2.05) is 67.2 Å². The van der Waals surface area contributed by atoms with Gasteiger partial charge in [-0.25, -0.2) is 79.1 Å². The van der Waals surface area contributed by atoms with Crippen molar-refractivity contribution < 1.29 is 85.0 Å². The number of nitrogens with two attached hydrogens (primary N) is 2. The molecule has 150 heavy (non-hydrogen) atoms. The van der Waals surface area contributed by atoms with Gasteiger partial charge in [0.05, 0.1) is 88.6 Å². The van der Waals surface area contributed by atoms with Gasteiger partial charge in [-0.15, -0.1) is 0 Å². The summed E-state index contributed by atoms with van der Waals surface area (Å²) in [5, 5.41) is 5.31. The Morgan fingerprint density at radius 2 is 1.01 bits per heavy atom. The van der Waals surface area contributed by atoms with Crippen LogP contribution in [0.15, 0.2) is 214 Å². The maximum absolute atomic E-state index is 14.6. The second kappa shape index (κ2) is 46.9. The van der Waals surface area contributed by atoms with E-state index in [-0.39, 0.29) is 87.9 Å². The smallest absolute Gasteiger partial charge is 0.281 e. The van der Waals surface area contributed by atoms with Crippen LogP contribution < -0.4 is 64.2 Å². The standard InChI is InChI=1S/C30H37FN4O4S.C29H32FN3O4S.C26H32FN5O4S.C24H28N6O4S/c1-5-30(4)12-7-13-35(19-30)28-26(29(36)34-40(37,38)25-9-6-8-23(32)17-25)10-11-27(33-28)21-14-22(31)16-24(15-21)39-18-20(2)3;1-19(2)15-37-23-13-21(12-22(30)14-23)25-9-8-24(28(32-25)33-17-29(18-33)10-5-11-29)26(34)16-38(35,36)27-7-4-6-20(3)31-27;1-16(2)15-36-21-12-19(11-20(27)13-21)23-6-5-22(25(29-23)32-10-8-17(3)18(4)14-32)26(33)31-37(34,35)24-7-9-28-30-24;1-15-13-24(2,3)30(14-15)21-17(10-11-18(27-21)16-7-6-12-26-23(16)34-4)22(31)29-35(32,33)20-9-5-8-19(25)28-20/h6,8-11,14-17,20H,5,7,12-13,18-19,32H2,1-4H3,(H,34,36);4,6-9,12-14,19H,5,10-11,15-18H2,1-3H3;5-7,9,11-13,16-18H,8,10,14-15H2,1-4H3,(H,28,30)(H,31,33);5-12,15H,13-14H2,1-4H3,(H2,25,28)(H,29,31). The summed E-state index contributed by atoms with van der Waals surface area (Å²) in [5.41, 5.74) is 16.9. The molecule has 5 fully saturated rings. The lowest BCUT2D eigenvalue weighted by Crippen LogP contribution is -2.60. The van der Waals surface area contributed by atoms with Crippen molar-refractivity contribution in [2.24, 2.45) is 46.3 Å². The summed E-state index contributed by atoms with van der Waals surface area (Å²) in [5.74, 6) is 0.119. The number of nitrogen functional groups attached to an aromatic ring is 2. The zero-order valence-electron chi connectivity index (χ0n) is 86.7. The Hall–Kier alpha value is -14.2. The van der Waals surface area contributed by atoms with Gasteiger partial charge in [0.1, 0.15) is 69.5 Å². The molecule has 34 nitrogen and oxygen atoms in total. The molecule has 0 bridgehead atoms. The van der Waals surface area contributed by atoms with Crippen molar-refractivity contribution >= 4 is 98.2 Å². The molecular formula is C109H129F3N18O16S4. The summed E-state index contributed by atoms with van der Waals surface area (Å²) in [6.45, 7) is 34.8. The van der Waals surface area contributed by atoms with E-state index in [4.69, 9.17) is 50.4 Å². The average molecular weight is 2130 g/mol. The maximum Gasteiger partial charge on any atom is 0.281 e. The second-order valence-electron chi connectivity index (χ2n) is 41.3. The summed E-state index contributed by atoms with van der Waals surface area (Å²) >= 11 is 0. The quantitative estimate of drug-likeness (QED) is 0.0168. The molecule has 1 aliphatic carbocycles. The van der Waals surface area contributed by atoms with Gasteiger partial charge in [-0.05, 0) is 252 Å². The van der Waals surface area contributed by atoms with E-state index in [2.05, 4.69) is 87.8 Å². The first-order valence-corrected chi connectivity index (χ1v) is 55.9. The van der Waals surface area contributed by atoms with Crippen molar-refractivity contribution in [1.82, 2.24) is 59.3 Å². The zero-order chi connectivity index (χ0) is 108. The number of carbonyl (C=O) groups excluding carboxylic acids is 4. The van der Waals surface area contributed by atoms with Crippen LogP contribution in [-0.2, 0) is 39.9 Å². The topological polar surface area (TPSA) is 462 Å². The van der Waals surface area contributed by atoms with Gasteiger partial charge >= 0.3 is 0 Å². The van der Waals surface area contributed by atoms with Crippen LogP contribution in [0.25, 0.3) is 45.0 Å². The molecule has 41 heteroatoms. The third-order valence-corrected chi connectivity index (χ3v) is 32.2. The first-order chi connectivity index (χ1) is 71.0. The van der Waals surface area contributed by atoms with Crippen molar-refractivity contribution in [2.75, 3.05) is 110 Å². The Balaban J connectivity index is 0.000000158. The molecule has 4 atom stereocenters. The molecule has 1 spiro atoms. The van der Waals surface area contributed by atoms with Crippen LogP contribution in [0.5, 0.6) is 23.1 Å². The van der Waals surface area contributed by atoms with Crippen molar-refractivity contribution in [3.8, 4) is 68.2 Å². The van der Waals surface area contributed by atoms with Crippen molar-refractivity contribution in [3.05, 3.63) is 240 Å². The number of piperidine rings is 2. The van der Waals surface area contributed by atoms with Crippen molar-refractivity contribution in [2.45, 2.75) is 174 Å². The molecule has 4 aromatic carbocycles. The Morgan fingerprint density at radius 1 is 0.500 bits per heavy atom. The van der Waals surface area contributed by atoms with Crippen LogP contribution >= 0.6 is 0 Å². The van der Waals surface area contributed by atoms with Crippen LogP contribution in [-0.4, -0.2) is 186 Å². The summed E-state index contributed by atoms with van der Waals surface area (Å²) in [6, 6.07) is 45.4. The van der Waals surface area contributed by atoms with Gasteiger partial charge in [0.25, 0.3) is 47.8 Å². The van der Waals surface area contributed by atoms with Crippen molar-refractivity contribution in [3.63, 3.8) is 0 Å². The number of sulfonamides is 3. The van der Waals surface area contributed by atoms with Gasteiger partial charge < -0.3 is 50.0 Å². The third kappa shape index (κ3) is 27.7. The molecule has 3 amide bonds. The molecular weight excluding hydrogens is 2000 g/mol. The Labute approximate surface area is 874 Å². The number of sulfone groups is 1. The number of benzene rings is 4. The minimum atomic E-state index is -4.25. The molecule has 4 saturated heterocycles. The molecule has 17 rings (SSSR count). The normalized spacial score (nSPS) is 17.3. The molecule has 8 aromatic heterocycles. The number of hydrogen-bond donors (Lipinski definition) is 6. The summed E-state index contributed by atoms with van der Waals surface area (Å²) < 4.78 is 175. The second-order valence-corrected chi connectivity index (χ2v) is 48.2. The number of pyridine rings is 7. The van der Waals surface area contributed by atoms with E-state index in [1.165, 1.54) is 111 Å². The number of methoxy groups -OCH3 is 1. The molecule has 5 aliphatic rings. The molecule has 12 heterocycles. The van der Waals surface area contributed by atoms with Crippen LogP contribution in [0.2, 0.25) is 0 Å². The summed E-state index contributed by atoms with van der Waals surface area (Å²) in [6.07, 6.45) is 11.0. The molecule has 1 saturated carbocycles. The number of halogens is 3. The first kappa shape index (κ1) is 111. The first-order valence-electron chi connectivity index (χ1n) is 49.8. The molecule has 12 aromatic rings. The number of ketones is 1. The largest absolute Gasteiger partial charge is 0.493 e. The highest BCUT2D eigenvalue weighted by Crippen LogP contribution is 2.51. The number of amides is 3. The number of ether oxygens (including phenoxy) is 4. The van der Waals surface area contributed by atoms with Gasteiger partial charge in [-0.3, -0.25) is 24.3 Å². The summed E-state index contributed by atoms with van der Waals surface area (Å²) in [7, 11) is -15.0. The summed E-state index contributed by atoms with van der Waals surface area (Å²) in [4.78, 5) is 92.6. The lowest BCUT2D eigenvalue weighted by molar-refractivity contribution is 0.0887. The van der Waals surface area contributed by atoms with Crippen LogP contribution in [0.1, 0.15) is 189 Å². The molecule has 796 valence electrons. The van der Waals surface area contributed by atoms with Crippen LogP contribution in [0, 0.1) is 70.7 Å². The number of rotatable bonds is 32. The van der Waals surface area contributed by atoms with Gasteiger partial charge in [-0.2, -0.15) is 21.9 Å². The third-order valence-electron chi connectivity index (χ3n) is 26.8. The number of H-pyrrole nitrogens is 1. The Bertz CT molecular complexity index is 7450. The SMILES string of the molecule is CC(C)COc1cc(F)cc(-c2ccc(C(=O)NS(=O)(=O)c3ccn[nH]3)c(N3CCC(C)C(C)C3)n2)c1.CCC1(C)CCCN(c2nc(-c3cc(F)cc(OCC(C)C)c3)ccc2C(=O)NS(=O)(=O)c2cccc(N)c2)C1.COc1ncccc1-c1ccc(C(=O)NS(=O)(=O)c2cccc(N)n2)c(N2CC(C)CC2(C)C)n1.Cc1cccc(S(=O)(=O)CC(=O)c2ccc(-c3cc(F)cc(OCC(C)C)c3)nc2N2CC3(CCC3)C2)n1. The molecule has 4 unspecified atom stereocenters. The minimum absolute atomic E-state index is 0.00797. The number of carbonyl (C=O) groups is 4. The molecule has 4 aliphatic heterocycles. The van der Waals surface area contributed by atoms with Gasteiger partial charge in [0, 0.05) is 109 Å². The maximum atomic E-state index is 14.6. The van der Waals surface area contributed by atoms with E-state index < -0.39 is 86.6 Å². The highest BCUT2D eigenvalue weighted by Gasteiger charge is 2.49. The fourth-order valence-corrected chi connectivity index (χ4v) is 22.6. The minimum Gasteiger partial charge on any atom is -0.493 e. The van der Waals surface area contributed by atoms with Crippen LogP contribution in [0.3, 0.4) is 0 Å². The van der Waals surface area contributed by atoms with E-state index >= 15 is 0 Å².